The summed E-state index contributed by atoms with van der Waals surface area (Å²) in [7, 11) is 0. The van der Waals surface area contributed by atoms with E-state index in [0.717, 1.165) is 110 Å². The Morgan fingerprint density at radius 1 is 0.423 bits per heavy atom. The number of carbonyl (C=O) groups excluding carboxylic acids is 1. The van der Waals surface area contributed by atoms with Gasteiger partial charge in [0.25, 0.3) is 0 Å². The lowest BCUT2D eigenvalue weighted by molar-refractivity contribution is -0.121. The van der Waals surface area contributed by atoms with Crippen molar-refractivity contribution in [2.24, 2.45) is 0 Å². The van der Waals surface area contributed by atoms with Gasteiger partial charge >= 0.3 is 0 Å². The molecule has 13 aromatic rings. The highest BCUT2D eigenvalue weighted by Crippen LogP contribution is 2.65. The van der Waals surface area contributed by atoms with Gasteiger partial charge in [-0.3, -0.25) is 9.36 Å². The number of rotatable bonds is 6. The molecule has 0 fully saturated rings. The van der Waals surface area contributed by atoms with Crippen LogP contribution in [0.15, 0.2) is 231 Å². The predicted molar refractivity (Wildman–Crippen MR) is 310 cm³/mol. The Morgan fingerprint density at radius 3 is 1.22 bits per heavy atom. The van der Waals surface area contributed by atoms with Crippen LogP contribution in [0, 0.1) is 17.9 Å². The molecule has 0 bridgehead atoms. The summed E-state index contributed by atoms with van der Waals surface area (Å²) in [5.74, 6) is -2.53. The molecule has 7 heteroatoms. The van der Waals surface area contributed by atoms with Crippen molar-refractivity contribution in [3.05, 3.63) is 281 Å². The van der Waals surface area contributed by atoms with Gasteiger partial charge in [0, 0.05) is 56.9 Å². The molecular formula is C71H42N6O. The van der Waals surface area contributed by atoms with E-state index >= 15 is 4.79 Å². The molecule has 4 heterocycles. The number of aromatic nitrogens is 4. The van der Waals surface area contributed by atoms with Gasteiger partial charge in [0.1, 0.15) is 17.1 Å². The number of ketones is 1. The van der Waals surface area contributed by atoms with Crippen LogP contribution in [0.5, 0.6) is 0 Å². The van der Waals surface area contributed by atoms with Crippen LogP contribution < -0.4 is 0 Å². The molecule has 0 saturated carbocycles. The van der Waals surface area contributed by atoms with E-state index in [4.69, 9.17) is 9.97 Å². The smallest absolute Gasteiger partial charge is 0.230 e. The fourth-order valence-electron chi connectivity index (χ4n) is 14.0. The van der Waals surface area contributed by atoms with Gasteiger partial charge in [-0.25, -0.2) is 14.8 Å². The summed E-state index contributed by atoms with van der Waals surface area (Å²) in [6, 6.07) is 78.0. The molecule has 7 nitrogen and oxygen atoms in total. The van der Waals surface area contributed by atoms with Crippen LogP contribution in [0.2, 0.25) is 0 Å². The molecule has 0 saturated heterocycles. The van der Waals surface area contributed by atoms with Crippen molar-refractivity contribution in [1.29, 1.82) is 5.26 Å². The van der Waals surface area contributed by atoms with Crippen molar-refractivity contribution < 1.29 is 4.79 Å². The highest BCUT2D eigenvalue weighted by molar-refractivity contribution is 6.14. The predicted octanol–water partition coefficient (Wildman–Crippen LogP) is 16.8. The normalized spacial score (nSPS) is 15.3. The molecule has 9 aromatic carbocycles. The first-order chi connectivity index (χ1) is 38.6. The van der Waals surface area contributed by atoms with E-state index in [1.165, 1.54) is 0 Å². The number of fused-ring (bicyclic) bond motifs is 13. The van der Waals surface area contributed by atoms with Crippen LogP contribution in [0.1, 0.15) is 62.6 Å². The SMILES string of the molecule is [C-]#[N+]c1c(C#N)c(-n2c3ccccc3c3cc(-c4ccccc4)cnc32)c2c(c1-n1c3ccccc3c3cc(-c4ccccc4)cnc31)C(C1c3ccccc3-c3ccccc31)C(=O)C2C1c2ccccc2-c2ccccc21. The minimum atomic E-state index is -0.833. The summed E-state index contributed by atoms with van der Waals surface area (Å²) < 4.78 is 4.22. The number of nitrogens with zero attached hydrogens (tertiary/aromatic N) is 6. The van der Waals surface area contributed by atoms with E-state index in [9.17, 15) is 11.8 Å². The van der Waals surface area contributed by atoms with E-state index in [2.05, 4.69) is 178 Å². The molecule has 16 rings (SSSR count). The van der Waals surface area contributed by atoms with Crippen molar-refractivity contribution in [3.63, 3.8) is 0 Å². The number of Topliss-reactive ketones (excluding diaryl/α,β-unsaturated/α-hetero) is 1. The number of para-hydroxylation sites is 2. The number of benzene rings is 9. The highest BCUT2D eigenvalue weighted by Gasteiger charge is 2.55. The van der Waals surface area contributed by atoms with Gasteiger partial charge in [-0.05, 0) is 91.0 Å². The largest absolute Gasteiger partial charge is 0.304 e. The van der Waals surface area contributed by atoms with Crippen LogP contribution in [0.3, 0.4) is 0 Å². The van der Waals surface area contributed by atoms with Gasteiger partial charge in [0.05, 0.1) is 52.4 Å². The van der Waals surface area contributed by atoms with E-state index < -0.39 is 23.7 Å². The Balaban J connectivity index is 1.11. The Kier molecular flexibility index (Phi) is 9.43. The van der Waals surface area contributed by atoms with Crippen molar-refractivity contribution in [1.82, 2.24) is 19.1 Å². The lowest BCUT2D eigenvalue weighted by atomic mass is 9.76. The monoisotopic (exact) mass is 994 g/mol. The van der Waals surface area contributed by atoms with Crippen LogP contribution in [-0.4, -0.2) is 24.9 Å². The molecule has 362 valence electrons. The first-order valence-electron chi connectivity index (χ1n) is 26.4. The van der Waals surface area contributed by atoms with Gasteiger partial charge in [-0.15, -0.1) is 0 Å². The fraction of sp³-hybridized carbons (Fsp3) is 0.0563. The highest BCUT2D eigenvalue weighted by atomic mass is 16.1. The summed E-state index contributed by atoms with van der Waals surface area (Å²) >= 11 is 0. The summed E-state index contributed by atoms with van der Waals surface area (Å²) in [6.45, 7) is 9.53. The second-order valence-electron chi connectivity index (χ2n) is 20.8. The molecular weight excluding hydrogens is 953 g/mol. The van der Waals surface area contributed by atoms with Crippen molar-refractivity contribution >= 4 is 55.3 Å². The molecule has 0 spiro atoms. The number of pyridine rings is 2. The van der Waals surface area contributed by atoms with Crippen LogP contribution >= 0.6 is 0 Å². The van der Waals surface area contributed by atoms with Crippen molar-refractivity contribution in [3.8, 4) is 62.0 Å². The molecule has 0 radical (unpaired) electrons. The Morgan fingerprint density at radius 2 is 0.795 bits per heavy atom. The van der Waals surface area contributed by atoms with E-state index in [1.807, 2.05) is 73.1 Å². The maximum absolute atomic E-state index is 17.5. The summed E-state index contributed by atoms with van der Waals surface area (Å²) in [4.78, 5) is 32.7. The Hall–Kier alpha value is -10.5. The molecule has 0 N–H and O–H groups in total. The first kappa shape index (κ1) is 43.9. The van der Waals surface area contributed by atoms with Crippen LogP contribution in [0.4, 0.5) is 5.69 Å². The third kappa shape index (κ3) is 5.98. The number of carbonyl (C=O) groups is 1. The lowest BCUT2D eigenvalue weighted by Gasteiger charge is -2.27. The molecule has 2 unspecified atom stereocenters. The maximum atomic E-state index is 17.5. The van der Waals surface area contributed by atoms with Gasteiger partial charge < -0.3 is 4.57 Å². The van der Waals surface area contributed by atoms with E-state index in [1.54, 1.807) is 0 Å². The molecule has 3 aliphatic carbocycles. The van der Waals surface area contributed by atoms with Gasteiger partial charge in [-0.2, -0.15) is 5.26 Å². The zero-order valence-electron chi connectivity index (χ0n) is 41.8. The Bertz CT molecular complexity index is 4430. The van der Waals surface area contributed by atoms with Gasteiger partial charge in [-0.1, -0.05) is 194 Å². The van der Waals surface area contributed by atoms with Gasteiger partial charge in [0.15, 0.2) is 0 Å². The third-order valence-corrected chi connectivity index (χ3v) is 17.1. The van der Waals surface area contributed by atoms with E-state index in [0.29, 0.717) is 22.7 Å². The topological polar surface area (TPSA) is 80.9 Å². The third-order valence-electron chi connectivity index (χ3n) is 17.1. The Labute approximate surface area is 449 Å². The lowest BCUT2D eigenvalue weighted by Crippen LogP contribution is -2.22. The molecule has 4 aromatic heterocycles. The summed E-state index contributed by atoms with van der Waals surface area (Å²) in [5.41, 5.74) is 18.2. The quantitative estimate of drug-likeness (QED) is 0.155. The second kappa shape index (κ2) is 16.8. The minimum absolute atomic E-state index is 0.0340. The zero-order chi connectivity index (χ0) is 51.8. The fourth-order valence-corrected chi connectivity index (χ4v) is 14.0. The maximum Gasteiger partial charge on any atom is 0.230 e. The molecule has 0 aliphatic heterocycles. The van der Waals surface area contributed by atoms with Gasteiger partial charge in [0.2, 0.25) is 5.69 Å². The van der Waals surface area contributed by atoms with E-state index in [-0.39, 0.29) is 17.0 Å². The molecule has 3 aliphatic rings. The van der Waals surface area contributed by atoms with Crippen molar-refractivity contribution in [2.75, 3.05) is 0 Å². The number of hydrogen-bond acceptors (Lipinski definition) is 4. The van der Waals surface area contributed by atoms with Crippen LogP contribution in [-0.2, 0) is 4.79 Å². The number of nitriles is 1. The standard InChI is InChI=1S/C71H42N6O/c1-73-66-57(38-72)67(76-58-34-18-16-28-49(58)55-36-43(39-74-70(55)76)41-20-4-2-5-21-41)62-63(68(66)77-59-35-19-17-29-50(59)56-37-44(40-75-71(56)77)42-22-6-3-7-23-42)65(61-53-32-14-10-26-47(53)48-27-11-15-33-54(48)61)69(78)64(62)60-51-30-12-8-24-45(51)46-25-9-13-31-52(46)60/h2-37,39-40,60-61,64-65H. The molecule has 78 heavy (non-hydrogen) atoms. The number of hydrogen-bond donors (Lipinski definition) is 0. The van der Waals surface area contributed by atoms with Crippen molar-refractivity contribution in [2.45, 2.75) is 23.7 Å². The molecule has 2 atom stereocenters. The zero-order valence-corrected chi connectivity index (χ0v) is 41.8. The summed E-state index contributed by atoms with van der Waals surface area (Å²) in [5, 5.41) is 15.9. The molecule has 0 amide bonds. The second-order valence-corrected chi connectivity index (χ2v) is 20.8. The first-order valence-corrected chi connectivity index (χ1v) is 26.4. The average molecular weight is 995 g/mol. The average Bonchev–Trinajstić information content (AvgIpc) is 4.08. The van der Waals surface area contributed by atoms with Crippen LogP contribution in [0.25, 0.3) is 105 Å². The summed E-state index contributed by atoms with van der Waals surface area (Å²) in [6.07, 6.45) is 3.80. The minimum Gasteiger partial charge on any atom is -0.304 e.